The van der Waals surface area contributed by atoms with Crippen molar-refractivity contribution in [3.05, 3.63) is 35.9 Å². The van der Waals surface area contributed by atoms with Gasteiger partial charge < -0.3 is 15.2 Å². The van der Waals surface area contributed by atoms with Gasteiger partial charge in [-0.05, 0) is 38.7 Å². The third-order valence-electron chi connectivity index (χ3n) is 3.55. The molecule has 1 rings (SSSR count). The van der Waals surface area contributed by atoms with Gasteiger partial charge in [-0.25, -0.2) is 0 Å². The molecular formula is C19H29NO4. The molecule has 0 amide bonds. The van der Waals surface area contributed by atoms with Crippen molar-refractivity contribution in [2.75, 3.05) is 0 Å². The molecule has 0 aromatic heterocycles. The molecule has 5 nitrogen and oxygen atoms in total. The van der Waals surface area contributed by atoms with E-state index in [1.807, 2.05) is 65.0 Å². The molecule has 24 heavy (non-hydrogen) atoms. The van der Waals surface area contributed by atoms with Gasteiger partial charge in [-0.1, -0.05) is 44.2 Å². The fourth-order valence-electron chi connectivity index (χ4n) is 2.22. The predicted molar refractivity (Wildman–Crippen MR) is 93.0 cm³/mol. The number of rotatable bonds is 7. The summed E-state index contributed by atoms with van der Waals surface area (Å²) in [5, 5.41) is 0. The van der Waals surface area contributed by atoms with Gasteiger partial charge in [0.2, 0.25) is 0 Å². The molecule has 0 aliphatic rings. The van der Waals surface area contributed by atoms with Crippen molar-refractivity contribution < 1.29 is 19.1 Å². The van der Waals surface area contributed by atoms with E-state index in [0.717, 1.165) is 5.56 Å². The fraction of sp³-hybridized carbons (Fsp3) is 0.579. The summed E-state index contributed by atoms with van der Waals surface area (Å²) in [5.41, 5.74) is 6.27. The lowest BCUT2D eigenvalue weighted by Gasteiger charge is -2.27. The molecule has 1 aromatic carbocycles. The van der Waals surface area contributed by atoms with Crippen LogP contribution in [0, 0.1) is 11.8 Å². The molecule has 0 fully saturated rings. The maximum atomic E-state index is 12.3. The van der Waals surface area contributed by atoms with Crippen LogP contribution in [0.5, 0.6) is 0 Å². The van der Waals surface area contributed by atoms with Crippen molar-refractivity contribution in [2.24, 2.45) is 17.6 Å². The van der Waals surface area contributed by atoms with Crippen LogP contribution in [0.25, 0.3) is 0 Å². The second kappa shape index (κ2) is 8.83. The van der Waals surface area contributed by atoms with Crippen LogP contribution in [-0.2, 0) is 25.7 Å². The fourth-order valence-corrected chi connectivity index (χ4v) is 2.22. The van der Waals surface area contributed by atoms with Crippen LogP contribution >= 0.6 is 0 Å². The van der Waals surface area contributed by atoms with Crippen LogP contribution in [0.15, 0.2) is 30.3 Å². The average molecular weight is 335 g/mol. The van der Waals surface area contributed by atoms with Gasteiger partial charge in [0.1, 0.15) is 18.2 Å². The van der Waals surface area contributed by atoms with Crippen LogP contribution in [0.3, 0.4) is 0 Å². The highest BCUT2D eigenvalue weighted by molar-refractivity contribution is 5.78. The van der Waals surface area contributed by atoms with E-state index in [9.17, 15) is 9.59 Å². The second-order valence-corrected chi connectivity index (χ2v) is 7.32. The average Bonchev–Trinajstić information content (AvgIpc) is 2.48. The zero-order valence-corrected chi connectivity index (χ0v) is 15.2. The van der Waals surface area contributed by atoms with Crippen molar-refractivity contribution in [1.82, 2.24) is 0 Å². The van der Waals surface area contributed by atoms with Gasteiger partial charge in [-0.15, -0.1) is 0 Å². The molecule has 1 aromatic rings. The van der Waals surface area contributed by atoms with Crippen molar-refractivity contribution >= 4 is 11.9 Å². The molecule has 1 unspecified atom stereocenters. The quantitative estimate of drug-likeness (QED) is 0.775. The molecule has 5 heteroatoms. The van der Waals surface area contributed by atoms with Crippen LogP contribution in [0.4, 0.5) is 0 Å². The number of ether oxygens (including phenoxy) is 2. The SMILES string of the molecule is CC(C)C(C[C@H](N)C(=O)OCc1ccccc1)C(=O)OC(C)(C)C. The minimum Gasteiger partial charge on any atom is -0.460 e. The van der Waals surface area contributed by atoms with Crippen LogP contribution in [-0.4, -0.2) is 23.6 Å². The third kappa shape index (κ3) is 7.13. The second-order valence-electron chi connectivity index (χ2n) is 7.32. The standard InChI is InChI=1S/C19H29NO4/c1-13(2)15(17(21)24-19(3,4)5)11-16(20)18(22)23-12-14-9-7-6-8-10-14/h6-10,13,15-16H,11-12,20H2,1-5H3/t15?,16-/m0/s1. The van der Waals surface area contributed by atoms with E-state index in [0.29, 0.717) is 0 Å². The van der Waals surface area contributed by atoms with Gasteiger partial charge in [0.05, 0.1) is 5.92 Å². The van der Waals surface area contributed by atoms with Gasteiger partial charge >= 0.3 is 11.9 Å². The topological polar surface area (TPSA) is 78.6 Å². The molecule has 0 bridgehead atoms. The third-order valence-corrected chi connectivity index (χ3v) is 3.55. The molecule has 0 saturated carbocycles. The van der Waals surface area contributed by atoms with E-state index in [-0.39, 0.29) is 24.9 Å². The lowest BCUT2D eigenvalue weighted by molar-refractivity contribution is -0.162. The first kappa shape index (κ1) is 20.2. The van der Waals surface area contributed by atoms with E-state index >= 15 is 0 Å². The largest absolute Gasteiger partial charge is 0.460 e. The monoisotopic (exact) mass is 335 g/mol. The normalized spacial score (nSPS) is 14.1. The summed E-state index contributed by atoms with van der Waals surface area (Å²) in [4.78, 5) is 24.4. The Hall–Kier alpha value is -1.88. The number of hydrogen-bond acceptors (Lipinski definition) is 5. The Bertz CT molecular complexity index is 534. The molecular weight excluding hydrogens is 306 g/mol. The van der Waals surface area contributed by atoms with Crippen LogP contribution < -0.4 is 5.73 Å². The molecule has 0 radical (unpaired) electrons. The van der Waals surface area contributed by atoms with Gasteiger partial charge in [0, 0.05) is 0 Å². The molecule has 0 aliphatic carbocycles. The van der Waals surface area contributed by atoms with E-state index in [4.69, 9.17) is 15.2 Å². The first-order valence-electron chi connectivity index (χ1n) is 8.29. The van der Waals surface area contributed by atoms with E-state index in [1.165, 1.54) is 0 Å². The highest BCUT2D eigenvalue weighted by Gasteiger charge is 2.31. The van der Waals surface area contributed by atoms with E-state index < -0.39 is 23.5 Å². The molecule has 2 N–H and O–H groups in total. The predicted octanol–water partition coefficient (Wildman–Crippen LogP) is 3.06. The zero-order valence-electron chi connectivity index (χ0n) is 15.2. The van der Waals surface area contributed by atoms with Gasteiger partial charge in [0.15, 0.2) is 0 Å². The molecule has 134 valence electrons. The van der Waals surface area contributed by atoms with Crippen molar-refractivity contribution in [3.8, 4) is 0 Å². The zero-order chi connectivity index (χ0) is 18.3. The Morgan fingerprint density at radius 3 is 2.17 bits per heavy atom. The smallest absolute Gasteiger partial charge is 0.323 e. The minimum absolute atomic E-state index is 0.0211. The molecule has 0 heterocycles. The lowest BCUT2D eigenvalue weighted by atomic mass is 9.89. The minimum atomic E-state index is -0.853. The number of esters is 2. The molecule has 0 aliphatic heterocycles. The summed E-state index contributed by atoms with van der Waals surface area (Å²) in [6.45, 7) is 9.45. The number of hydrogen-bond donors (Lipinski definition) is 1. The maximum absolute atomic E-state index is 12.3. The highest BCUT2D eigenvalue weighted by atomic mass is 16.6. The Labute approximate surface area is 144 Å². The van der Waals surface area contributed by atoms with Crippen molar-refractivity contribution in [2.45, 2.75) is 59.3 Å². The lowest BCUT2D eigenvalue weighted by Crippen LogP contribution is -2.39. The van der Waals surface area contributed by atoms with Crippen LogP contribution in [0.2, 0.25) is 0 Å². The summed E-state index contributed by atoms with van der Waals surface area (Å²) in [6, 6.07) is 8.53. The number of carbonyl (C=O) groups excluding carboxylic acids is 2. The Morgan fingerprint density at radius 1 is 1.08 bits per heavy atom. The van der Waals surface area contributed by atoms with Gasteiger partial charge in [0.25, 0.3) is 0 Å². The van der Waals surface area contributed by atoms with Gasteiger partial charge in [-0.2, -0.15) is 0 Å². The first-order chi connectivity index (χ1) is 11.1. The molecule has 0 spiro atoms. The number of benzene rings is 1. The van der Waals surface area contributed by atoms with E-state index in [1.54, 1.807) is 0 Å². The Morgan fingerprint density at radius 2 is 1.67 bits per heavy atom. The Balaban J connectivity index is 2.59. The van der Waals surface area contributed by atoms with Crippen LogP contribution in [0.1, 0.15) is 46.6 Å². The maximum Gasteiger partial charge on any atom is 0.323 e. The van der Waals surface area contributed by atoms with Crippen molar-refractivity contribution in [1.29, 1.82) is 0 Å². The summed E-state index contributed by atoms with van der Waals surface area (Å²) < 4.78 is 10.7. The van der Waals surface area contributed by atoms with Gasteiger partial charge in [-0.3, -0.25) is 9.59 Å². The number of carbonyl (C=O) groups is 2. The Kier molecular flexibility index (Phi) is 7.42. The van der Waals surface area contributed by atoms with E-state index in [2.05, 4.69) is 0 Å². The number of nitrogens with two attached hydrogens (primary N) is 1. The summed E-state index contributed by atoms with van der Waals surface area (Å²) in [6.07, 6.45) is 0.209. The summed E-state index contributed by atoms with van der Waals surface area (Å²) >= 11 is 0. The molecule has 2 atom stereocenters. The van der Waals surface area contributed by atoms with Crippen molar-refractivity contribution in [3.63, 3.8) is 0 Å². The molecule has 0 saturated heterocycles. The first-order valence-corrected chi connectivity index (χ1v) is 8.29. The summed E-state index contributed by atoms with van der Waals surface area (Å²) in [7, 11) is 0. The highest BCUT2D eigenvalue weighted by Crippen LogP contribution is 2.22. The summed E-state index contributed by atoms with van der Waals surface area (Å²) in [5.74, 6) is -1.26.